The van der Waals surface area contributed by atoms with E-state index in [1.165, 1.54) is 11.3 Å². The van der Waals surface area contributed by atoms with Crippen molar-refractivity contribution >= 4 is 17.3 Å². The van der Waals surface area contributed by atoms with Crippen molar-refractivity contribution in [2.75, 3.05) is 0 Å². The van der Waals surface area contributed by atoms with Crippen LogP contribution >= 0.6 is 11.3 Å². The van der Waals surface area contributed by atoms with Gasteiger partial charge in [0.25, 0.3) is 0 Å². The van der Waals surface area contributed by atoms with Gasteiger partial charge < -0.3 is 10.2 Å². The van der Waals surface area contributed by atoms with Crippen LogP contribution < -0.4 is 0 Å². The summed E-state index contributed by atoms with van der Waals surface area (Å²) in [7, 11) is 0. The van der Waals surface area contributed by atoms with E-state index in [4.69, 9.17) is 10.2 Å². The summed E-state index contributed by atoms with van der Waals surface area (Å²) >= 11 is 1.35. The van der Waals surface area contributed by atoms with Crippen LogP contribution in [0.4, 0.5) is 0 Å². The van der Waals surface area contributed by atoms with Gasteiger partial charge in [-0.25, -0.2) is 4.98 Å². The maximum absolute atomic E-state index is 10.5. The Morgan fingerprint density at radius 2 is 2.00 bits per heavy atom. The number of carboxylic acids is 1. The van der Waals surface area contributed by atoms with E-state index in [1.54, 1.807) is 30.5 Å². The summed E-state index contributed by atoms with van der Waals surface area (Å²) in [6.07, 6.45) is 1.57. The van der Waals surface area contributed by atoms with Crippen molar-refractivity contribution in [1.82, 2.24) is 4.98 Å². The number of hydrogen-bond acceptors (Lipinski definition) is 4. The minimum Gasteiger partial charge on any atom is -0.508 e. The molecule has 0 radical (unpaired) electrons. The molecule has 2 rings (SSSR count). The molecule has 0 saturated carbocycles. The molecule has 0 aliphatic carbocycles. The summed E-state index contributed by atoms with van der Waals surface area (Å²) in [4.78, 5) is 15.4. The first-order valence-corrected chi connectivity index (χ1v) is 5.43. The van der Waals surface area contributed by atoms with Crippen molar-refractivity contribution in [3.8, 4) is 16.3 Å². The predicted octanol–water partition coefficient (Wildman–Crippen LogP) is 2.14. The topological polar surface area (TPSA) is 70.4 Å². The van der Waals surface area contributed by atoms with Crippen LogP contribution in [0.15, 0.2) is 30.5 Å². The number of carboxylic acid groups (broad SMARTS) is 1. The van der Waals surface area contributed by atoms with E-state index in [0.717, 1.165) is 15.4 Å². The third-order valence-corrected chi connectivity index (χ3v) is 3.04. The fourth-order valence-corrected chi connectivity index (χ4v) is 2.18. The number of rotatable bonds is 3. The van der Waals surface area contributed by atoms with Gasteiger partial charge in [-0.1, -0.05) is 0 Å². The van der Waals surface area contributed by atoms with Crippen LogP contribution in [0, 0.1) is 0 Å². The molecule has 2 aromatic rings. The van der Waals surface area contributed by atoms with Gasteiger partial charge in [0, 0.05) is 16.6 Å². The van der Waals surface area contributed by atoms with Gasteiger partial charge in [0.05, 0.1) is 6.42 Å². The number of aromatic hydroxyl groups is 1. The normalized spacial score (nSPS) is 10.2. The zero-order chi connectivity index (χ0) is 11.5. The quantitative estimate of drug-likeness (QED) is 0.855. The second kappa shape index (κ2) is 4.32. The first kappa shape index (κ1) is 10.6. The Hall–Kier alpha value is -1.88. The number of aliphatic carboxylic acids is 1. The van der Waals surface area contributed by atoms with E-state index in [9.17, 15) is 4.79 Å². The highest BCUT2D eigenvalue weighted by Crippen LogP contribution is 2.26. The van der Waals surface area contributed by atoms with Crippen molar-refractivity contribution in [3.05, 3.63) is 35.3 Å². The highest BCUT2D eigenvalue weighted by molar-refractivity contribution is 7.15. The van der Waals surface area contributed by atoms with Crippen LogP contribution in [0.1, 0.15) is 4.88 Å². The maximum atomic E-state index is 10.5. The first-order chi connectivity index (χ1) is 7.65. The SMILES string of the molecule is O=C(O)Cc1cnc(-c2ccc(O)cc2)s1. The third kappa shape index (κ3) is 2.38. The van der Waals surface area contributed by atoms with E-state index in [0.29, 0.717) is 0 Å². The Balaban J connectivity index is 2.24. The fourth-order valence-electron chi connectivity index (χ4n) is 1.28. The molecule has 0 bridgehead atoms. The number of phenolic OH excluding ortho intramolecular Hbond substituents is 1. The number of hydrogen-bond donors (Lipinski definition) is 2. The van der Waals surface area contributed by atoms with E-state index in [-0.39, 0.29) is 12.2 Å². The highest BCUT2D eigenvalue weighted by atomic mass is 32.1. The molecule has 16 heavy (non-hydrogen) atoms. The van der Waals surface area contributed by atoms with Gasteiger partial charge in [-0.15, -0.1) is 11.3 Å². The number of nitrogens with zero attached hydrogens (tertiary/aromatic N) is 1. The van der Waals surface area contributed by atoms with Crippen LogP contribution in [0.2, 0.25) is 0 Å². The lowest BCUT2D eigenvalue weighted by atomic mass is 10.2. The summed E-state index contributed by atoms with van der Waals surface area (Å²) in [5.74, 6) is -0.660. The smallest absolute Gasteiger partial charge is 0.308 e. The second-order valence-corrected chi connectivity index (χ2v) is 4.36. The Bertz CT molecular complexity index is 504. The van der Waals surface area contributed by atoms with Crippen molar-refractivity contribution in [2.45, 2.75) is 6.42 Å². The molecule has 0 aliphatic heterocycles. The van der Waals surface area contributed by atoms with Gasteiger partial charge in [0.2, 0.25) is 0 Å². The van der Waals surface area contributed by atoms with Crippen molar-refractivity contribution in [3.63, 3.8) is 0 Å². The lowest BCUT2D eigenvalue weighted by Crippen LogP contribution is -1.97. The second-order valence-electron chi connectivity index (χ2n) is 3.25. The van der Waals surface area contributed by atoms with Crippen LogP contribution in [0.3, 0.4) is 0 Å². The number of aromatic nitrogens is 1. The van der Waals surface area contributed by atoms with E-state index < -0.39 is 5.97 Å². The first-order valence-electron chi connectivity index (χ1n) is 4.61. The summed E-state index contributed by atoms with van der Waals surface area (Å²) in [6, 6.07) is 6.65. The molecular weight excluding hydrogens is 226 g/mol. The maximum Gasteiger partial charge on any atom is 0.308 e. The average molecular weight is 235 g/mol. The molecule has 1 aromatic heterocycles. The molecule has 0 saturated heterocycles. The monoisotopic (exact) mass is 235 g/mol. The van der Waals surface area contributed by atoms with E-state index in [2.05, 4.69) is 4.98 Å². The zero-order valence-corrected chi connectivity index (χ0v) is 9.07. The summed E-state index contributed by atoms with van der Waals surface area (Å²) in [5.41, 5.74) is 0.874. The Labute approximate surface area is 95.8 Å². The van der Waals surface area contributed by atoms with Crippen molar-refractivity contribution in [1.29, 1.82) is 0 Å². The number of carbonyl (C=O) groups is 1. The molecule has 0 fully saturated rings. The number of phenols is 1. The standard InChI is InChI=1S/C11H9NO3S/c13-8-3-1-7(2-4-8)11-12-6-9(16-11)5-10(14)15/h1-4,6,13H,5H2,(H,14,15). The number of thiazole rings is 1. The lowest BCUT2D eigenvalue weighted by Gasteiger charge is -1.95. The molecule has 0 unspecified atom stereocenters. The number of benzene rings is 1. The van der Waals surface area contributed by atoms with Gasteiger partial charge in [-0.3, -0.25) is 4.79 Å². The highest BCUT2D eigenvalue weighted by Gasteiger charge is 2.07. The molecule has 0 aliphatic rings. The van der Waals surface area contributed by atoms with Gasteiger partial charge >= 0.3 is 5.97 Å². The van der Waals surface area contributed by atoms with Gasteiger partial charge in [0.1, 0.15) is 10.8 Å². The summed E-state index contributed by atoms with van der Waals surface area (Å²) in [5, 5.41) is 18.5. The fraction of sp³-hybridized carbons (Fsp3) is 0.0909. The molecule has 82 valence electrons. The average Bonchev–Trinajstić information content (AvgIpc) is 2.66. The predicted molar refractivity (Wildman–Crippen MR) is 60.6 cm³/mol. The Morgan fingerprint density at radius 3 is 2.62 bits per heavy atom. The minimum atomic E-state index is -0.860. The van der Waals surface area contributed by atoms with E-state index >= 15 is 0 Å². The van der Waals surface area contributed by atoms with Gasteiger partial charge in [-0.05, 0) is 24.3 Å². The molecule has 2 N–H and O–H groups in total. The van der Waals surface area contributed by atoms with Crippen molar-refractivity contribution < 1.29 is 15.0 Å². The molecule has 0 spiro atoms. The van der Waals surface area contributed by atoms with Crippen molar-refractivity contribution in [2.24, 2.45) is 0 Å². The Morgan fingerprint density at radius 1 is 1.31 bits per heavy atom. The Kier molecular flexibility index (Phi) is 2.87. The van der Waals surface area contributed by atoms with Gasteiger partial charge in [0.15, 0.2) is 0 Å². The minimum absolute atomic E-state index is 0.00422. The molecule has 4 nitrogen and oxygen atoms in total. The summed E-state index contributed by atoms with van der Waals surface area (Å²) in [6.45, 7) is 0. The molecule has 1 aromatic carbocycles. The van der Waals surface area contributed by atoms with Crippen LogP contribution in [0.25, 0.3) is 10.6 Å². The van der Waals surface area contributed by atoms with Gasteiger partial charge in [-0.2, -0.15) is 0 Å². The van der Waals surface area contributed by atoms with Crippen LogP contribution in [-0.2, 0) is 11.2 Å². The van der Waals surface area contributed by atoms with Crippen LogP contribution in [-0.4, -0.2) is 21.2 Å². The molecular formula is C11H9NO3S. The lowest BCUT2D eigenvalue weighted by molar-refractivity contribution is -0.136. The molecule has 0 amide bonds. The zero-order valence-electron chi connectivity index (χ0n) is 8.25. The molecule has 1 heterocycles. The largest absolute Gasteiger partial charge is 0.508 e. The van der Waals surface area contributed by atoms with Crippen LogP contribution in [0.5, 0.6) is 5.75 Å². The molecule has 5 heteroatoms. The van der Waals surface area contributed by atoms with E-state index in [1.807, 2.05) is 0 Å². The summed E-state index contributed by atoms with van der Waals surface area (Å²) < 4.78 is 0. The third-order valence-electron chi connectivity index (χ3n) is 1.99. The molecule has 0 atom stereocenters.